The number of ether oxygens (including phenoxy) is 1. The maximum atomic E-state index is 12.3. The largest absolute Gasteiger partial charge is 0.486 e. The van der Waals surface area contributed by atoms with Gasteiger partial charge >= 0.3 is 0 Å². The number of aromatic nitrogens is 2. The lowest BCUT2D eigenvalue weighted by atomic mass is 10.2. The van der Waals surface area contributed by atoms with Gasteiger partial charge in [0.1, 0.15) is 18.0 Å². The summed E-state index contributed by atoms with van der Waals surface area (Å²) in [5, 5.41) is 2.99. The van der Waals surface area contributed by atoms with E-state index in [9.17, 15) is 4.79 Å². The minimum atomic E-state index is -0.0712. The Morgan fingerprint density at radius 1 is 1.22 bits per heavy atom. The zero-order valence-corrected chi connectivity index (χ0v) is 12.6. The Labute approximate surface area is 133 Å². The molecule has 1 aromatic carbocycles. The Morgan fingerprint density at radius 3 is 2.87 bits per heavy atom. The predicted octanol–water partition coefficient (Wildman–Crippen LogP) is 2.81. The number of para-hydroxylation sites is 1. The molecule has 5 nitrogen and oxygen atoms in total. The molecule has 2 aromatic heterocycles. The molecule has 0 unspecified atom stereocenters. The maximum Gasteiger partial charge on any atom is 0.255 e. The Kier molecular flexibility index (Phi) is 3.46. The average molecular weight is 307 g/mol. The van der Waals surface area contributed by atoms with E-state index >= 15 is 0 Å². The Morgan fingerprint density at radius 2 is 2.04 bits per heavy atom. The molecule has 0 atom stereocenters. The number of benzene rings is 1. The second-order valence-electron chi connectivity index (χ2n) is 5.73. The second-order valence-corrected chi connectivity index (χ2v) is 5.73. The topological polar surface area (TPSA) is 55.6 Å². The summed E-state index contributed by atoms with van der Waals surface area (Å²) < 4.78 is 7.79. The summed E-state index contributed by atoms with van der Waals surface area (Å²) in [5.74, 6) is 0.515. The molecule has 5 heteroatoms. The number of imidazole rings is 1. The van der Waals surface area contributed by atoms with Crippen molar-refractivity contribution in [3.05, 3.63) is 66.1 Å². The number of hydrogen-bond donors (Lipinski definition) is 1. The number of carbonyl (C=O) groups is 1. The normalized spacial score (nSPS) is 13.9. The van der Waals surface area contributed by atoms with Crippen molar-refractivity contribution in [3.8, 4) is 5.75 Å². The van der Waals surface area contributed by atoms with Gasteiger partial charge in [-0.1, -0.05) is 18.2 Å². The van der Waals surface area contributed by atoms with Crippen LogP contribution in [-0.2, 0) is 6.61 Å². The van der Waals surface area contributed by atoms with E-state index < -0.39 is 0 Å². The second kappa shape index (κ2) is 5.76. The third-order valence-corrected chi connectivity index (χ3v) is 3.83. The molecule has 3 aromatic rings. The zero-order valence-electron chi connectivity index (χ0n) is 12.6. The number of amides is 1. The summed E-state index contributed by atoms with van der Waals surface area (Å²) in [6, 6.07) is 13.5. The van der Waals surface area contributed by atoms with Crippen molar-refractivity contribution in [1.82, 2.24) is 14.7 Å². The molecular formula is C18H17N3O2. The SMILES string of the molecule is O=C(NC1CC1)c1ccccc1OCc1cn2ccccc2n1. The Hall–Kier alpha value is -2.82. The Balaban J connectivity index is 1.50. The summed E-state index contributed by atoms with van der Waals surface area (Å²) >= 11 is 0. The smallest absolute Gasteiger partial charge is 0.255 e. The van der Waals surface area contributed by atoms with Crippen LogP contribution in [0.5, 0.6) is 5.75 Å². The van der Waals surface area contributed by atoms with Crippen molar-refractivity contribution in [3.63, 3.8) is 0 Å². The van der Waals surface area contributed by atoms with Crippen LogP contribution in [0.2, 0.25) is 0 Å². The van der Waals surface area contributed by atoms with Crippen molar-refractivity contribution >= 4 is 11.6 Å². The minimum absolute atomic E-state index is 0.0712. The van der Waals surface area contributed by atoms with Crippen molar-refractivity contribution in [2.75, 3.05) is 0 Å². The van der Waals surface area contributed by atoms with Crippen LogP contribution in [0.15, 0.2) is 54.9 Å². The molecule has 1 aliphatic carbocycles. The lowest BCUT2D eigenvalue weighted by Gasteiger charge is -2.10. The number of fused-ring (bicyclic) bond motifs is 1. The first-order valence-corrected chi connectivity index (χ1v) is 7.75. The van der Waals surface area contributed by atoms with Gasteiger partial charge in [-0.25, -0.2) is 4.98 Å². The summed E-state index contributed by atoms with van der Waals surface area (Å²) in [6.45, 7) is 0.329. The number of nitrogens with one attached hydrogen (secondary N) is 1. The highest BCUT2D eigenvalue weighted by atomic mass is 16.5. The van der Waals surface area contributed by atoms with E-state index in [2.05, 4.69) is 10.3 Å². The van der Waals surface area contributed by atoms with Crippen molar-refractivity contribution < 1.29 is 9.53 Å². The van der Waals surface area contributed by atoms with E-state index in [4.69, 9.17) is 4.74 Å². The molecule has 1 aliphatic rings. The van der Waals surface area contributed by atoms with Crippen LogP contribution in [0.1, 0.15) is 28.9 Å². The van der Waals surface area contributed by atoms with Crippen LogP contribution in [0.4, 0.5) is 0 Å². The number of carbonyl (C=O) groups excluding carboxylic acids is 1. The third kappa shape index (κ3) is 3.04. The van der Waals surface area contributed by atoms with Crippen LogP contribution < -0.4 is 10.1 Å². The van der Waals surface area contributed by atoms with E-state index in [1.807, 2.05) is 53.2 Å². The number of pyridine rings is 1. The van der Waals surface area contributed by atoms with Gasteiger partial charge in [0.25, 0.3) is 5.91 Å². The molecule has 1 fully saturated rings. The first-order valence-electron chi connectivity index (χ1n) is 7.75. The van der Waals surface area contributed by atoms with Gasteiger partial charge in [-0.3, -0.25) is 4.79 Å². The third-order valence-electron chi connectivity index (χ3n) is 3.83. The van der Waals surface area contributed by atoms with Crippen LogP contribution in [-0.4, -0.2) is 21.3 Å². The summed E-state index contributed by atoms with van der Waals surface area (Å²) in [6.07, 6.45) is 6.01. The molecule has 0 saturated heterocycles. The van der Waals surface area contributed by atoms with Crippen molar-refractivity contribution in [2.45, 2.75) is 25.5 Å². The Bertz CT molecular complexity index is 819. The molecule has 1 N–H and O–H groups in total. The quantitative estimate of drug-likeness (QED) is 0.788. The fourth-order valence-corrected chi connectivity index (χ4v) is 2.48. The predicted molar refractivity (Wildman–Crippen MR) is 86.5 cm³/mol. The molecule has 116 valence electrons. The van der Waals surface area contributed by atoms with Crippen LogP contribution in [0, 0.1) is 0 Å². The summed E-state index contributed by atoms with van der Waals surface area (Å²) in [5.41, 5.74) is 2.28. The highest BCUT2D eigenvalue weighted by Gasteiger charge is 2.25. The van der Waals surface area contributed by atoms with Crippen molar-refractivity contribution in [2.24, 2.45) is 0 Å². The monoisotopic (exact) mass is 307 g/mol. The van der Waals surface area contributed by atoms with Crippen LogP contribution in [0.25, 0.3) is 5.65 Å². The van der Waals surface area contributed by atoms with Crippen LogP contribution in [0.3, 0.4) is 0 Å². The van der Waals surface area contributed by atoms with E-state index in [0.717, 1.165) is 24.2 Å². The molecular weight excluding hydrogens is 290 g/mol. The molecule has 0 bridgehead atoms. The molecule has 4 rings (SSSR count). The molecule has 1 amide bonds. The lowest BCUT2D eigenvalue weighted by Crippen LogP contribution is -2.25. The number of hydrogen-bond acceptors (Lipinski definition) is 3. The summed E-state index contributed by atoms with van der Waals surface area (Å²) in [4.78, 5) is 16.8. The molecule has 0 aliphatic heterocycles. The van der Waals surface area contributed by atoms with Gasteiger partial charge < -0.3 is 14.5 Å². The highest BCUT2D eigenvalue weighted by Crippen LogP contribution is 2.23. The zero-order chi connectivity index (χ0) is 15.6. The summed E-state index contributed by atoms with van der Waals surface area (Å²) in [7, 11) is 0. The number of nitrogens with zero attached hydrogens (tertiary/aromatic N) is 2. The maximum absolute atomic E-state index is 12.3. The van der Waals surface area contributed by atoms with Gasteiger partial charge in [0, 0.05) is 18.4 Å². The average Bonchev–Trinajstić information content (AvgIpc) is 3.29. The first kappa shape index (κ1) is 13.8. The van der Waals surface area contributed by atoms with Gasteiger partial charge in [-0.05, 0) is 37.1 Å². The van der Waals surface area contributed by atoms with Crippen LogP contribution >= 0.6 is 0 Å². The minimum Gasteiger partial charge on any atom is -0.486 e. The number of rotatable bonds is 5. The first-order chi connectivity index (χ1) is 11.3. The fourth-order valence-electron chi connectivity index (χ4n) is 2.48. The fraction of sp³-hybridized carbons (Fsp3) is 0.222. The van der Waals surface area contributed by atoms with E-state index in [-0.39, 0.29) is 5.91 Å². The lowest BCUT2D eigenvalue weighted by molar-refractivity contribution is 0.0946. The van der Waals surface area contributed by atoms with Gasteiger partial charge in [-0.15, -0.1) is 0 Å². The standard InChI is InChI=1S/C18H17N3O2/c22-18(20-13-8-9-13)15-5-1-2-6-16(15)23-12-14-11-21-10-4-3-7-17(21)19-14/h1-7,10-11,13H,8-9,12H2,(H,20,22). The van der Waals surface area contributed by atoms with E-state index in [0.29, 0.717) is 24.0 Å². The van der Waals surface area contributed by atoms with Gasteiger partial charge in [0.2, 0.25) is 0 Å². The molecule has 23 heavy (non-hydrogen) atoms. The van der Waals surface area contributed by atoms with E-state index in [1.165, 1.54) is 0 Å². The molecule has 0 radical (unpaired) electrons. The molecule has 2 heterocycles. The molecule has 0 spiro atoms. The van der Waals surface area contributed by atoms with Gasteiger partial charge in [0.05, 0.1) is 11.3 Å². The molecule has 1 saturated carbocycles. The van der Waals surface area contributed by atoms with Gasteiger partial charge in [-0.2, -0.15) is 0 Å². The highest BCUT2D eigenvalue weighted by molar-refractivity contribution is 5.97. The van der Waals surface area contributed by atoms with Gasteiger partial charge in [0.15, 0.2) is 0 Å². The van der Waals surface area contributed by atoms with E-state index in [1.54, 1.807) is 6.07 Å². The van der Waals surface area contributed by atoms with Crippen molar-refractivity contribution in [1.29, 1.82) is 0 Å².